The van der Waals surface area contributed by atoms with Crippen LogP contribution in [-0.2, 0) is 0 Å². The Bertz CT molecular complexity index is 455. The van der Waals surface area contributed by atoms with Crippen molar-refractivity contribution in [1.82, 2.24) is 15.3 Å². The summed E-state index contributed by atoms with van der Waals surface area (Å²) in [5, 5.41) is 4.70. The van der Waals surface area contributed by atoms with E-state index in [1.165, 1.54) is 23.9 Å². The van der Waals surface area contributed by atoms with E-state index in [2.05, 4.69) is 27.4 Å². The van der Waals surface area contributed by atoms with Gasteiger partial charge in [-0.1, -0.05) is 0 Å². The van der Waals surface area contributed by atoms with Crippen LogP contribution in [0.25, 0.3) is 10.9 Å². The van der Waals surface area contributed by atoms with Crippen molar-refractivity contribution in [1.29, 1.82) is 0 Å². The van der Waals surface area contributed by atoms with E-state index in [4.69, 9.17) is 0 Å². The van der Waals surface area contributed by atoms with E-state index >= 15 is 0 Å². The zero-order valence-corrected chi connectivity index (χ0v) is 8.66. The summed E-state index contributed by atoms with van der Waals surface area (Å²) in [7, 11) is 0. The van der Waals surface area contributed by atoms with Gasteiger partial charge in [0.1, 0.15) is 0 Å². The molecule has 1 aliphatic rings. The van der Waals surface area contributed by atoms with Gasteiger partial charge in [-0.3, -0.25) is 4.98 Å². The number of piperidine rings is 1. The van der Waals surface area contributed by atoms with E-state index < -0.39 is 0 Å². The Balaban J connectivity index is 1.95. The molecule has 2 aromatic rings. The molecule has 0 aliphatic carbocycles. The predicted octanol–water partition coefficient (Wildman–Crippen LogP) is 2.03. The van der Waals surface area contributed by atoms with Crippen LogP contribution in [0.15, 0.2) is 24.5 Å². The van der Waals surface area contributed by atoms with Crippen LogP contribution >= 0.6 is 0 Å². The molecule has 1 atom stereocenters. The van der Waals surface area contributed by atoms with E-state index in [0.29, 0.717) is 5.92 Å². The monoisotopic (exact) mass is 201 g/mol. The van der Waals surface area contributed by atoms with Gasteiger partial charge in [0.2, 0.25) is 0 Å². The van der Waals surface area contributed by atoms with Crippen molar-refractivity contribution in [3.05, 3.63) is 30.2 Å². The highest BCUT2D eigenvalue weighted by Crippen LogP contribution is 2.23. The molecule has 0 amide bonds. The van der Waals surface area contributed by atoms with E-state index in [-0.39, 0.29) is 0 Å². The lowest BCUT2D eigenvalue weighted by molar-refractivity contribution is 0.455. The van der Waals surface area contributed by atoms with Gasteiger partial charge in [-0.05, 0) is 31.5 Å². The van der Waals surface area contributed by atoms with Gasteiger partial charge in [-0.2, -0.15) is 0 Å². The van der Waals surface area contributed by atoms with Gasteiger partial charge < -0.3 is 10.3 Å². The fraction of sp³-hybridized carbons (Fsp3) is 0.417. The lowest BCUT2D eigenvalue weighted by Gasteiger charge is -2.22. The summed E-state index contributed by atoms with van der Waals surface area (Å²) in [5.74, 6) is 0.595. The highest BCUT2D eigenvalue weighted by molar-refractivity contribution is 5.78. The number of nitrogens with one attached hydrogen (secondary N) is 2. The van der Waals surface area contributed by atoms with Crippen LogP contribution in [-0.4, -0.2) is 23.1 Å². The van der Waals surface area contributed by atoms with Crippen LogP contribution < -0.4 is 5.32 Å². The number of aromatic nitrogens is 2. The molecule has 3 heteroatoms. The summed E-state index contributed by atoms with van der Waals surface area (Å²) in [6, 6.07) is 4.32. The molecule has 3 nitrogen and oxygen atoms in total. The van der Waals surface area contributed by atoms with Crippen LogP contribution in [0.5, 0.6) is 0 Å². The highest BCUT2D eigenvalue weighted by atomic mass is 14.9. The fourth-order valence-corrected chi connectivity index (χ4v) is 2.30. The van der Waals surface area contributed by atoms with Gasteiger partial charge in [0.25, 0.3) is 0 Å². The number of hydrogen-bond donors (Lipinski definition) is 2. The largest absolute Gasteiger partial charge is 0.360 e. The molecular formula is C12H15N3. The minimum Gasteiger partial charge on any atom is -0.360 e. The van der Waals surface area contributed by atoms with Gasteiger partial charge in [0, 0.05) is 29.7 Å². The molecule has 2 N–H and O–H groups in total. The van der Waals surface area contributed by atoms with Crippen molar-refractivity contribution in [3.63, 3.8) is 0 Å². The maximum absolute atomic E-state index is 4.53. The highest BCUT2D eigenvalue weighted by Gasteiger charge is 2.16. The molecule has 1 saturated heterocycles. The number of rotatable bonds is 1. The molecule has 1 fully saturated rings. The summed E-state index contributed by atoms with van der Waals surface area (Å²) >= 11 is 0. The first-order valence-electron chi connectivity index (χ1n) is 5.57. The lowest BCUT2D eigenvalue weighted by Crippen LogP contribution is -2.28. The standard InChI is InChI=1S/C12H15N3/c1-2-10(7-13-4-1)11-6-9-3-5-14-12(9)8-15-11/h3,5-6,8,10,13-14H,1-2,4,7H2/t10-/m0/s1. The second kappa shape index (κ2) is 3.66. The van der Waals surface area contributed by atoms with Crippen LogP contribution in [0.4, 0.5) is 0 Å². The minimum absolute atomic E-state index is 0.595. The topological polar surface area (TPSA) is 40.7 Å². The average Bonchev–Trinajstić information content (AvgIpc) is 2.77. The number of pyridine rings is 1. The lowest BCUT2D eigenvalue weighted by atomic mass is 9.95. The second-order valence-electron chi connectivity index (χ2n) is 4.22. The van der Waals surface area contributed by atoms with Crippen molar-refractivity contribution < 1.29 is 0 Å². The maximum atomic E-state index is 4.53. The predicted molar refractivity (Wildman–Crippen MR) is 60.9 cm³/mol. The Morgan fingerprint density at radius 2 is 2.40 bits per heavy atom. The first-order chi connectivity index (χ1) is 7.43. The Morgan fingerprint density at radius 3 is 3.27 bits per heavy atom. The van der Waals surface area contributed by atoms with E-state index in [1.54, 1.807) is 0 Å². The minimum atomic E-state index is 0.595. The molecule has 2 aromatic heterocycles. The number of fused-ring (bicyclic) bond motifs is 1. The zero-order valence-electron chi connectivity index (χ0n) is 8.66. The molecule has 0 unspecified atom stereocenters. The van der Waals surface area contributed by atoms with Crippen LogP contribution in [0.2, 0.25) is 0 Å². The normalized spacial score (nSPS) is 22.0. The molecule has 0 bridgehead atoms. The first kappa shape index (κ1) is 8.92. The molecule has 0 saturated carbocycles. The summed E-state index contributed by atoms with van der Waals surface area (Å²) in [6.07, 6.45) is 6.43. The van der Waals surface area contributed by atoms with Crippen molar-refractivity contribution in [2.24, 2.45) is 0 Å². The third kappa shape index (κ3) is 1.63. The number of nitrogens with zero attached hydrogens (tertiary/aromatic N) is 1. The Labute approximate surface area is 88.9 Å². The third-order valence-electron chi connectivity index (χ3n) is 3.17. The smallest absolute Gasteiger partial charge is 0.0640 e. The van der Waals surface area contributed by atoms with Gasteiger partial charge in [-0.25, -0.2) is 0 Å². The quantitative estimate of drug-likeness (QED) is 0.741. The number of aromatic amines is 1. The summed E-state index contributed by atoms with van der Waals surface area (Å²) in [4.78, 5) is 7.70. The summed E-state index contributed by atoms with van der Waals surface area (Å²) in [6.45, 7) is 2.23. The van der Waals surface area contributed by atoms with Crippen LogP contribution in [0.1, 0.15) is 24.5 Å². The molecule has 0 spiro atoms. The Hall–Kier alpha value is -1.35. The number of hydrogen-bond acceptors (Lipinski definition) is 2. The van der Waals surface area contributed by atoms with Gasteiger partial charge in [0.15, 0.2) is 0 Å². The molecule has 3 heterocycles. The van der Waals surface area contributed by atoms with E-state index in [9.17, 15) is 0 Å². The van der Waals surface area contributed by atoms with Crippen LogP contribution in [0, 0.1) is 0 Å². The number of H-pyrrole nitrogens is 1. The SMILES string of the molecule is c1cc2cc([C@H]3CCCNC3)ncc2[nH]1. The molecule has 3 rings (SSSR count). The maximum Gasteiger partial charge on any atom is 0.0640 e. The average molecular weight is 201 g/mol. The van der Waals surface area contributed by atoms with Crippen LogP contribution in [0.3, 0.4) is 0 Å². The zero-order chi connectivity index (χ0) is 10.1. The van der Waals surface area contributed by atoms with Crippen molar-refractivity contribution in [2.75, 3.05) is 13.1 Å². The molecule has 78 valence electrons. The summed E-state index contributed by atoms with van der Waals surface area (Å²) in [5.41, 5.74) is 2.36. The van der Waals surface area contributed by atoms with Crippen molar-refractivity contribution >= 4 is 10.9 Å². The van der Waals surface area contributed by atoms with E-state index in [0.717, 1.165) is 18.6 Å². The fourth-order valence-electron chi connectivity index (χ4n) is 2.30. The third-order valence-corrected chi connectivity index (χ3v) is 3.17. The van der Waals surface area contributed by atoms with Crippen molar-refractivity contribution in [2.45, 2.75) is 18.8 Å². The molecule has 15 heavy (non-hydrogen) atoms. The molecule has 1 aliphatic heterocycles. The Kier molecular flexibility index (Phi) is 2.18. The summed E-state index contributed by atoms with van der Waals surface area (Å²) < 4.78 is 0. The molecular weight excluding hydrogens is 186 g/mol. The van der Waals surface area contributed by atoms with Gasteiger partial charge in [-0.15, -0.1) is 0 Å². The second-order valence-corrected chi connectivity index (χ2v) is 4.22. The molecule has 0 aromatic carbocycles. The van der Waals surface area contributed by atoms with Gasteiger partial charge in [0.05, 0.1) is 11.7 Å². The van der Waals surface area contributed by atoms with Gasteiger partial charge >= 0.3 is 0 Å². The first-order valence-corrected chi connectivity index (χ1v) is 5.57. The molecule has 0 radical (unpaired) electrons. The van der Waals surface area contributed by atoms with Crippen molar-refractivity contribution in [3.8, 4) is 0 Å². The Morgan fingerprint density at radius 1 is 1.40 bits per heavy atom. The van der Waals surface area contributed by atoms with E-state index in [1.807, 2.05) is 12.4 Å².